The molecule has 0 saturated heterocycles. The molecule has 29 heavy (non-hydrogen) atoms. The topological polar surface area (TPSA) is 62.8 Å². The van der Waals surface area contributed by atoms with E-state index < -0.39 is 8.33 Å². The van der Waals surface area contributed by atoms with Crippen LogP contribution in [-0.4, -0.2) is 34.1 Å². The van der Waals surface area contributed by atoms with Crippen LogP contribution in [0.3, 0.4) is 0 Å². The molecule has 0 radical (unpaired) electrons. The van der Waals surface area contributed by atoms with Crippen molar-refractivity contribution in [1.29, 1.82) is 0 Å². The second-order valence-corrected chi connectivity index (χ2v) is 11.6. The number of methoxy groups -OCH3 is 1. The number of rotatable bonds is 6. The summed E-state index contributed by atoms with van der Waals surface area (Å²) in [6.07, 6.45) is 0.728. The van der Waals surface area contributed by atoms with E-state index in [9.17, 15) is 0 Å². The van der Waals surface area contributed by atoms with Gasteiger partial charge in [-0.2, -0.15) is 0 Å². The van der Waals surface area contributed by atoms with Crippen molar-refractivity contribution in [2.45, 2.75) is 52.2 Å². The van der Waals surface area contributed by atoms with Crippen LogP contribution in [0.2, 0.25) is 6.04 Å². The van der Waals surface area contributed by atoms with Crippen LogP contribution >= 0.6 is 0 Å². The molecule has 2 aliphatic heterocycles. The SMILES string of the molecule is CC(C)[NH2+]C(C)C.COCCC[Si-]12(Oc3ccccc3O1)Oc1ccccc1O2. The molecular formula is C22H33NO5Si. The Kier molecular flexibility index (Phi) is 6.41. The van der Waals surface area contributed by atoms with Crippen LogP contribution in [0.1, 0.15) is 34.1 Å². The molecule has 1 spiro atoms. The third-order valence-electron chi connectivity index (χ3n) is 4.63. The van der Waals surface area contributed by atoms with Crippen molar-refractivity contribution in [2.75, 3.05) is 13.7 Å². The Morgan fingerprint density at radius 1 is 0.759 bits per heavy atom. The van der Waals surface area contributed by atoms with E-state index in [0.717, 1.165) is 18.5 Å². The van der Waals surface area contributed by atoms with Crippen molar-refractivity contribution in [2.24, 2.45) is 0 Å². The van der Waals surface area contributed by atoms with Gasteiger partial charge in [0.2, 0.25) is 0 Å². The van der Waals surface area contributed by atoms with Crippen LogP contribution in [0.4, 0.5) is 0 Å². The van der Waals surface area contributed by atoms with Gasteiger partial charge in [-0.15, -0.1) is 0 Å². The first-order valence-corrected chi connectivity index (χ1v) is 12.7. The van der Waals surface area contributed by atoms with E-state index >= 15 is 0 Å². The molecule has 0 atom stereocenters. The van der Waals surface area contributed by atoms with E-state index in [-0.39, 0.29) is 0 Å². The number of fused-ring (bicyclic) bond motifs is 2. The average Bonchev–Trinajstić information content (AvgIpc) is 3.15. The Balaban J connectivity index is 0.000000298. The molecule has 0 bridgehead atoms. The predicted molar refractivity (Wildman–Crippen MR) is 115 cm³/mol. The molecule has 6 nitrogen and oxygen atoms in total. The molecule has 4 rings (SSSR count). The number of hydrogen-bond donors (Lipinski definition) is 1. The molecule has 2 aromatic carbocycles. The second-order valence-electron chi connectivity index (χ2n) is 8.16. The van der Waals surface area contributed by atoms with E-state index in [1.165, 1.54) is 0 Å². The van der Waals surface area contributed by atoms with Crippen LogP contribution < -0.4 is 23.0 Å². The Morgan fingerprint density at radius 2 is 1.14 bits per heavy atom. The molecule has 0 saturated carbocycles. The van der Waals surface area contributed by atoms with Gasteiger partial charge in [-0.05, 0) is 27.7 Å². The number of ether oxygens (including phenoxy) is 1. The maximum atomic E-state index is 6.20. The summed E-state index contributed by atoms with van der Waals surface area (Å²) >= 11 is 0. The third kappa shape index (κ3) is 4.86. The third-order valence-corrected chi connectivity index (χ3v) is 8.26. The molecule has 0 fully saturated rings. The molecule has 160 valence electrons. The van der Waals surface area contributed by atoms with Crippen LogP contribution in [0.5, 0.6) is 23.0 Å². The number of para-hydroxylation sites is 4. The van der Waals surface area contributed by atoms with E-state index in [0.29, 0.717) is 35.6 Å². The van der Waals surface area contributed by atoms with Crippen LogP contribution in [0, 0.1) is 0 Å². The summed E-state index contributed by atoms with van der Waals surface area (Å²) in [7, 11) is -2.36. The van der Waals surface area contributed by atoms with Crippen LogP contribution in [0.15, 0.2) is 48.5 Å². The van der Waals surface area contributed by atoms with E-state index in [2.05, 4.69) is 33.0 Å². The first-order chi connectivity index (χ1) is 13.8. The van der Waals surface area contributed by atoms with Gasteiger partial charge in [0.05, 0.1) is 12.1 Å². The average molecular weight is 420 g/mol. The minimum absolute atomic E-state index is 0.525. The fraction of sp³-hybridized carbons (Fsp3) is 0.455. The normalized spacial score (nSPS) is 18.2. The van der Waals surface area contributed by atoms with Crippen molar-refractivity contribution in [3.8, 4) is 23.0 Å². The van der Waals surface area contributed by atoms with Gasteiger partial charge in [-0.1, -0.05) is 0 Å². The molecule has 2 heterocycles. The molecular weight excluding hydrogens is 386 g/mol. The minimum atomic E-state index is -4.03. The van der Waals surface area contributed by atoms with Crippen molar-refractivity contribution in [3.05, 3.63) is 48.5 Å². The number of nitrogens with two attached hydrogens (primary N) is 1. The number of quaternary nitrogens is 1. The first-order valence-electron chi connectivity index (χ1n) is 10.3. The molecule has 0 aromatic heterocycles. The Bertz CT molecular complexity index is 707. The van der Waals surface area contributed by atoms with Gasteiger partial charge in [-0.3, -0.25) is 0 Å². The van der Waals surface area contributed by atoms with Crippen LogP contribution in [0.25, 0.3) is 0 Å². The predicted octanol–water partition coefficient (Wildman–Crippen LogP) is 3.72. The summed E-state index contributed by atoms with van der Waals surface area (Å²) < 4.78 is 30.0. The van der Waals surface area contributed by atoms with Gasteiger partial charge < -0.3 is 5.32 Å². The number of hydrogen-bond acceptors (Lipinski definition) is 5. The van der Waals surface area contributed by atoms with Gasteiger partial charge in [0.1, 0.15) is 0 Å². The fourth-order valence-corrected chi connectivity index (χ4v) is 7.45. The fourth-order valence-electron chi connectivity index (χ4n) is 3.69. The first kappa shape index (κ1) is 21.5. The van der Waals surface area contributed by atoms with Crippen molar-refractivity contribution in [1.82, 2.24) is 0 Å². The van der Waals surface area contributed by atoms with Crippen molar-refractivity contribution in [3.63, 3.8) is 0 Å². The van der Waals surface area contributed by atoms with Gasteiger partial charge in [0.15, 0.2) is 0 Å². The maximum absolute atomic E-state index is 6.20. The van der Waals surface area contributed by atoms with E-state index in [1.54, 1.807) is 7.11 Å². The van der Waals surface area contributed by atoms with Gasteiger partial charge >= 0.3 is 128 Å². The zero-order valence-electron chi connectivity index (χ0n) is 18.0. The van der Waals surface area contributed by atoms with Crippen molar-refractivity contribution >= 4 is 8.33 Å². The van der Waals surface area contributed by atoms with Gasteiger partial charge in [-0.25, -0.2) is 0 Å². The Hall–Kier alpha value is -2.22. The van der Waals surface area contributed by atoms with Crippen molar-refractivity contribution < 1.29 is 27.8 Å². The summed E-state index contributed by atoms with van der Waals surface area (Å²) in [5, 5.41) is 2.33. The van der Waals surface area contributed by atoms with Crippen LogP contribution in [-0.2, 0) is 4.74 Å². The zero-order valence-corrected chi connectivity index (χ0v) is 19.0. The van der Waals surface area contributed by atoms with E-state index in [4.69, 9.17) is 22.4 Å². The monoisotopic (exact) mass is 419 g/mol. The molecule has 2 N–H and O–H groups in total. The quantitative estimate of drug-likeness (QED) is 0.571. The summed E-state index contributed by atoms with van der Waals surface area (Å²) in [6.45, 7) is 9.43. The second kappa shape index (κ2) is 8.65. The number of benzene rings is 2. The van der Waals surface area contributed by atoms with E-state index in [1.807, 2.05) is 48.5 Å². The standard InChI is InChI=1S/C16H17O5Si.C6H15N/c1-17-11-6-12-22(18-13-7-2-3-8-14(13)19-22)20-15-9-4-5-10-16(15)21-22;1-5(2)7-6(3)4/h2-5,7-10H,6,11-12H2,1H3;5-7H,1-4H3/q-1;/p+1. The summed E-state index contributed by atoms with van der Waals surface area (Å²) in [5.74, 6) is 2.67. The summed E-state index contributed by atoms with van der Waals surface area (Å²) in [5.41, 5.74) is 0. The zero-order chi connectivity index (χ0) is 20.9. The summed E-state index contributed by atoms with van der Waals surface area (Å²) in [6, 6.07) is 17.1. The Labute approximate surface area is 174 Å². The Morgan fingerprint density at radius 3 is 1.41 bits per heavy atom. The molecule has 0 amide bonds. The summed E-state index contributed by atoms with van der Waals surface area (Å²) in [4.78, 5) is 0. The molecule has 2 aromatic rings. The molecule has 0 aliphatic carbocycles. The van der Waals surface area contributed by atoms with Gasteiger partial charge in [0, 0.05) is 0 Å². The van der Waals surface area contributed by atoms with Gasteiger partial charge in [0.25, 0.3) is 0 Å². The molecule has 0 unspecified atom stereocenters. The molecule has 7 heteroatoms. The molecule has 2 aliphatic rings.